The van der Waals surface area contributed by atoms with Gasteiger partial charge in [0.05, 0.1) is 60.7 Å². The molecule has 10 heteroatoms. The number of aliphatic hydroxyl groups excluding tert-OH is 2. The number of hydrogen-bond acceptors (Lipinski definition) is 8. The number of rotatable bonds is 2. The Kier molecular flexibility index (Phi) is 6.70. The number of aliphatic hydroxyl groups is 2. The number of imidazole rings is 2. The van der Waals surface area contributed by atoms with Crippen molar-refractivity contribution in [3.63, 3.8) is 0 Å². The Labute approximate surface area is 277 Å². The van der Waals surface area contributed by atoms with E-state index in [0.717, 1.165) is 59.6 Å². The highest BCUT2D eigenvalue weighted by Gasteiger charge is 2.42. The average molecular weight is 637 g/mol. The van der Waals surface area contributed by atoms with E-state index >= 15 is 0 Å². The minimum absolute atomic E-state index is 0.0968. The quantitative estimate of drug-likeness (QED) is 0.196. The van der Waals surface area contributed by atoms with Gasteiger partial charge in [-0.15, -0.1) is 0 Å². The van der Waals surface area contributed by atoms with Crippen LogP contribution in [0.1, 0.15) is 70.8 Å². The van der Waals surface area contributed by atoms with Gasteiger partial charge in [0.2, 0.25) is 0 Å². The molecule has 0 saturated heterocycles. The standard InChI is InChI=1S/2C19H18N4O/c2*20-17-8-6-13-15(22-17)7-5-14(19(13)24)18-12-4-2-1-3-11(12)16-9-21-10-23(16)18/h2*1-4,6,8-10,14,18-19,24H,5,7H2,(H2,20,22)/t2*14-,18+,19-/m10/s1. The van der Waals surface area contributed by atoms with Crippen LogP contribution in [0.25, 0.3) is 22.5 Å². The molecule has 2 aliphatic heterocycles. The van der Waals surface area contributed by atoms with Crippen molar-refractivity contribution in [1.82, 2.24) is 29.1 Å². The number of anilines is 2. The zero-order chi connectivity index (χ0) is 32.5. The van der Waals surface area contributed by atoms with E-state index in [-0.39, 0.29) is 23.9 Å². The van der Waals surface area contributed by atoms with E-state index in [0.29, 0.717) is 11.6 Å². The van der Waals surface area contributed by atoms with Crippen LogP contribution in [0.5, 0.6) is 0 Å². The van der Waals surface area contributed by atoms with Crippen molar-refractivity contribution < 1.29 is 10.2 Å². The largest absolute Gasteiger partial charge is 0.388 e. The normalized spacial score (nSPS) is 24.3. The Morgan fingerprint density at radius 3 is 1.46 bits per heavy atom. The molecular formula is C38H36N8O2. The van der Waals surface area contributed by atoms with Crippen LogP contribution in [0, 0.1) is 11.8 Å². The fraction of sp³-hybridized carbons (Fsp3) is 0.263. The van der Waals surface area contributed by atoms with Crippen molar-refractivity contribution in [3.8, 4) is 22.5 Å². The minimum Gasteiger partial charge on any atom is -0.388 e. The SMILES string of the molecule is Nc1ccc2c(n1)CC[C@@H]([C@H]1c3ccccc3-c3cncn31)[C@H]2O.Nc1ccc2c(n1)CC[C@H]([C@@H]1c3ccccc3-c3cncn31)[C@@H]2O. The molecule has 0 spiro atoms. The van der Waals surface area contributed by atoms with Crippen molar-refractivity contribution in [2.75, 3.05) is 11.5 Å². The third kappa shape index (κ3) is 4.40. The summed E-state index contributed by atoms with van der Waals surface area (Å²) < 4.78 is 4.41. The molecule has 48 heavy (non-hydrogen) atoms. The van der Waals surface area contributed by atoms with E-state index in [1.165, 1.54) is 22.3 Å². The lowest BCUT2D eigenvalue weighted by Gasteiger charge is -2.34. The minimum atomic E-state index is -0.548. The van der Waals surface area contributed by atoms with Crippen molar-refractivity contribution >= 4 is 11.6 Å². The molecule has 10 rings (SSSR count). The molecule has 6 atom stereocenters. The summed E-state index contributed by atoms with van der Waals surface area (Å²) in [5.74, 6) is 1.23. The van der Waals surface area contributed by atoms with Gasteiger partial charge >= 0.3 is 0 Å². The first-order valence-corrected chi connectivity index (χ1v) is 16.6. The number of aromatic nitrogens is 6. The highest BCUT2D eigenvalue weighted by molar-refractivity contribution is 5.70. The van der Waals surface area contributed by atoms with Crippen LogP contribution < -0.4 is 11.5 Å². The third-order valence-corrected chi connectivity index (χ3v) is 10.8. The number of nitrogens with two attached hydrogens (primary N) is 2. The smallest absolute Gasteiger partial charge is 0.123 e. The Balaban J connectivity index is 0.000000131. The summed E-state index contributed by atoms with van der Waals surface area (Å²) in [4.78, 5) is 17.4. The van der Waals surface area contributed by atoms with E-state index in [4.69, 9.17) is 11.5 Å². The fourth-order valence-electron chi connectivity index (χ4n) is 8.66. The van der Waals surface area contributed by atoms with Crippen LogP contribution in [0.4, 0.5) is 11.6 Å². The van der Waals surface area contributed by atoms with Crippen molar-refractivity contribution in [1.29, 1.82) is 0 Å². The van der Waals surface area contributed by atoms with Gasteiger partial charge in [-0.3, -0.25) is 0 Å². The van der Waals surface area contributed by atoms with Crippen LogP contribution in [-0.4, -0.2) is 39.3 Å². The Morgan fingerprint density at radius 1 is 0.562 bits per heavy atom. The van der Waals surface area contributed by atoms with Crippen LogP contribution >= 0.6 is 0 Å². The monoisotopic (exact) mass is 636 g/mol. The number of hydrogen-bond donors (Lipinski definition) is 4. The summed E-state index contributed by atoms with van der Waals surface area (Å²) >= 11 is 0. The van der Waals surface area contributed by atoms with Crippen molar-refractivity contribution in [3.05, 3.63) is 131 Å². The van der Waals surface area contributed by atoms with E-state index in [2.05, 4.69) is 77.6 Å². The predicted octanol–water partition coefficient (Wildman–Crippen LogP) is 5.45. The van der Waals surface area contributed by atoms with Gasteiger partial charge in [-0.2, -0.15) is 0 Å². The molecular weight excluding hydrogens is 600 g/mol. The van der Waals surface area contributed by atoms with Crippen LogP contribution in [0.15, 0.2) is 97.8 Å². The van der Waals surface area contributed by atoms with Gasteiger partial charge in [0.25, 0.3) is 0 Å². The summed E-state index contributed by atoms with van der Waals surface area (Å²) in [6.45, 7) is 0. The van der Waals surface area contributed by atoms with Gasteiger partial charge in [-0.1, -0.05) is 60.7 Å². The summed E-state index contributed by atoms with van der Waals surface area (Å²) in [5, 5.41) is 22.1. The lowest BCUT2D eigenvalue weighted by molar-refractivity contribution is 0.0709. The fourth-order valence-corrected chi connectivity index (χ4v) is 8.66. The molecule has 6 heterocycles. The lowest BCUT2D eigenvalue weighted by Crippen LogP contribution is -2.29. The van der Waals surface area contributed by atoms with Gasteiger partial charge in [0.1, 0.15) is 11.6 Å². The second-order valence-electron chi connectivity index (χ2n) is 13.3. The zero-order valence-corrected chi connectivity index (χ0v) is 26.3. The molecule has 0 radical (unpaired) electrons. The van der Waals surface area contributed by atoms with Crippen LogP contribution in [0.2, 0.25) is 0 Å². The second kappa shape index (κ2) is 11.1. The first kappa shape index (κ1) is 28.9. The molecule has 2 aliphatic carbocycles. The number of nitrogens with zero attached hydrogens (tertiary/aromatic N) is 6. The first-order chi connectivity index (χ1) is 23.5. The zero-order valence-electron chi connectivity index (χ0n) is 26.3. The highest BCUT2D eigenvalue weighted by atomic mass is 16.3. The van der Waals surface area contributed by atoms with Gasteiger partial charge in [-0.25, -0.2) is 19.9 Å². The molecule has 6 aromatic rings. The maximum absolute atomic E-state index is 11.0. The molecule has 0 fully saturated rings. The molecule has 0 amide bonds. The third-order valence-electron chi connectivity index (χ3n) is 10.8. The summed E-state index contributed by atoms with van der Waals surface area (Å²) in [5.41, 5.74) is 22.5. The van der Waals surface area contributed by atoms with Gasteiger partial charge < -0.3 is 30.8 Å². The molecule has 0 unspecified atom stereocenters. The Morgan fingerprint density at radius 2 is 1.00 bits per heavy atom. The summed E-state index contributed by atoms with van der Waals surface area (Å²) in [6.07, 6.45) is 9.90. The molecule has 10 nitrogen and oxygen atoms in total. The molecule has 240 valence electrons. The topological polar surface area (TPSA) is 154 Å². The second-order valence-corrected chi connectivity index (χ2v) is 13.3. The van der Waals surface area contributed by atoms with E-state index in [1.807, 2.05) is 37.2 Å². The number of nitrogen functional groups attached to an aromatic ring is 2. The maximum atomic E-state index is 11.0. The van der Waals surface area contributed by atoms with E-state index < -0.39 is 12.2 Å². The van der Waals surface area contributed by atoms with Crippen molar-refractivity contribution in [2.24, 2.45) is 11.8 Å². The molecule has 0 saturated carbocycles. The van der Waals surface area contributed by atoms with Gasteiger partial charge in [0, 0.05) is 45.5 Å². The average Bonchev–Trinajstić information content (AvgIpc) is 3.88. The molecule has 4 aromatic heterocycles. The Hall–Kier alpha value is -5.32. The van der Waals surface area contributed by atoms with Crippen LogP contribution in [-0.2, 0) is 12.8 Å². The number of fused-ring (bicyclic) bond motifs is 8. The summed E-state index contributed by atoms with van der Waals surface area (Å²) in [6, 6.07) is 24.4. The first-order valence-electron chi connectivity index (χ1n) is 16.6. The van der Waals surface area contributed by atoms with Crippen LogP contribution in [0.3, 0.4) is 0 Å². The number of benzene rings is 2. The number of pyridine rings is 2. The van der Waals surface area contributed by atoms with E-state index in [1.54, 1.807) is 12.1 Å². The van der Waals surface area contributed by atoms with Gasteiger partial charge in [0.15, 0.2) is 0 Å². The molecule has 4 aliphatic rings. The Bertz CT molecular complexity index is 2020. The predicted molar refractivity (Wildman–Crippen MR) is 182 cm³/mol. The molecule has 6 N–H and O–H groups in total. The van der Waals surface area contributed by atoms with Crippen molar-refractivity contribution in [2.45, 2.75) is 50.0 Å². The number of aryl methyl sites for hydroxylation is 2. The summed E-state index contributed by atoms with van der Waals surface area (Å²) in [7, 11) is 0. The lowest BCUT2D eigenvalue weighted by atomic mass is 9.77. The van der Waals surface area contributed by atoms with E-state index in [9.17, 15) is 10.2 Å². The highest BCUT2D eigenvalue weighted by Crippen LogP contribution is 2.51. The van der Waals surface area contributed by atoms with Gasteiger partial charge in [-0.05, 0) is 48.9 Å². The molecule has 0 bridgehead atoms. The maximum Gasteiger partial charge on any atom is 0.123 e. The molecule has 2 aromatic carbocycles.